The third-order valence-corrected chi connectivity index (χ3v) is 4.48. The van der Waals surface area contributed by atoms with E-state index in [1.165, 1.54) is 0 Å². The van der Waals surface area contributed by atoms with E-state index in [1.54, 1.807) is 16.8 Å². The number of amides is 1. The van der Waals surface area contributed by atoms with E-state index in [9.17, 15) is 4.79 Å². The molecule has 1 amide bonds. The smallest absolute Gasteiger partial charge is 0.271 e. The van der Waals surface area contributed by atoms with Crippen LogP contribution in [-0.2, 0) is 6.54 Å². The highest BCUT2D eigenvalue weighted by Gasteiger charge is 2.15. The third kappa shape index (κ3) is 4.28. The molecule has 0 aliphatic heterocycles. The Morgan fingerprint density at radius 2 is 1.85 bits per heavy atom. The van der Waals surface area contributed by atoms with Gasteiger partial charge in [0.05, 0.1) is 10.7 Å². The van der Waals surface area contributed by atoms with Gasteiger partial charge in [0.15, 0.2) is 5.82 Å². The molecule has 1 aromatic carbocycles. The maximum Gasteiger partial charge on any atom is 0.271 e. The molecule has 6 nitrogen and oxygen atoms in total. The number of aromatic nitrogens is 3. The summed E-state index contributed by atoms with van der Waals surface area (Å²) in [6.45, 7) is 4.25. The molecule has 0 aliphatic carbocycles. The van der Waals surface area contributed by atoms with Crippen molar-refractivity contribution in [2.75, 3.05) is 19.0 Å². The van der Waals surface area contributed by atoms with Gasteiger partial charge >= 0.3 is 0 Å². The molecule has 27 heavy (non-hydrogen) atoms. The van der Waals surface area contributed by atoms with Gasteiger partial charge < -0.3 is 10.2 Å². The van der Waals surface area contributed by atoms with Crippen molar-refractivity contribution in [3.05, 3.63) is 70.1 Å². The van der Waals surface area contributed by atoms with Crippen molar-refractivity contribution in [1.82, 2.24) is 20.1 Å². The van der Waals surface area contributed by atoms with Crippen molar-refractivity contribution in [3.63, 3.8) is 0 Å². The van der Waals surface area contributed by atoms with Gasteiger partial charge in [-0.3, -0.25) is 4.79 Å². The first kappa shape index (κ1) is 18.9. The molecule has 1 N–H and O–H groups in total. The Kier molecular flexibility index (Phi) is 5.46. The fourth-order valence-electron chi connectivity index (χ4n) is 2.75. The molecule has 2 aromatic heterocycles. The van der Waals surface area contributed by atoms with Crippen molar-refractivity contribution in [1.29, 1.82) is 0 Å². The van der Waals surface area contributed by atoms with Gasteiger partial charge in [-0.15, -0.1) is 0 Å². The summed E-state index contributed by atoms with van der Waals surface area (Å²) < 4.78 is 1.70. The highest BCUT2D eigenvalue weighted by Crippen LogP contribution is 2.18. The zero-order valence-corrected chi connectivity index (χ0v) is 16.6. The van der Waals surface area contributed by atoms with Crippen LogP contribution in [0.15, 0.2) is 42.5 Å². The second kappa shape index (κ2) is 7.80. The van der Waals surface area contributed by atoms with Crippen molar-refractivity contribution in [2.45, 2.75) is 20.4 Å². The molecule has 0 bridgehead atoms. The minimum Gasteiger partial charge on any atom is -0.378 e. The number of anilines is 1. The molecule has 3 rings (SSSR count). The van der Waals surface area contributed by atoms with Crippen molar-refractivity contribution in [2.24, 2.45) is 0 Å². The number of benzene rings is 1. The van der Waals surface area contributed by atoms with E-state index in [4.69, 9.17) is 11.6 Å². The van der Waals surface area contributed by atoms with Crippen LogP contribution in [0.4, 0.5) is 5.69 Å². The first-order chi connectivity index (χ1) is 12.8. The first-order valence-corrected chi connectivity index (χ1v) is 8.97. The maximum atomic E-state index is 12.6. The number of halogens is 1. The van der Waals surface area contributed by atoms with Gasteiger partial charge in [-0.25, -0.2) is 9.67 Å². The van der Waals surface area contributed by atoms with E-state index < -0.39 is 0 Å². The van der Waals surface area contributed by atoms with Crippen LogP contribution < -0.4 is 10.2 Å². The average molecular weight is 384 g/mol. The van der Waals surface area contributed by atoms with E-state index in [1.807, 2.05) is 63.2 Å². The summed E-state index contributed by atoms with van der Waals surface area (Å²) in [5.74, 6) is 0.241. The third-order valence-electron chi connectivity index (χ3n) is 4.18. The number of hydrogen-bond acceptors (Lipinski definition) is 4. The predicted molar refractivity (Wildman–Crippen MR) is 108 cm³/mol. The summed E-state index contributed by atoms with van der Waals surface area (Å²) >= 11 is 6.20. The highest BCUT2D eigenvalue weighted by molar-refractivity contribution is 6.33. The average Bonchev–Trinajstić information content (AvgIpc) is 2.98. The number of nitrogens with zero attached hydrogens (tertiary/aromatic N) is 4. The lowest BCUT2D eigenvalue weighted by atomic mass is 10.2. The molecule has 0 aliphatic rings. The van der Waals surface area contributed by atoms with Crippen LogP contribution in [0.2, 0.25) is 5.02 Å². The van der Waals surface area contributed by atoms with Gasteiger partial charge in [-0.1, -0.05) is 23.7 Å². The SMILES string of the molecule is Cc1cc(C)n(-c2ccc(Cl)c(C(=O)NCc3ccc(N(C)C)cc3)n2)n1. The Labute approximate surface area is 163 Å². The van der Waals surface area contributed by atoms with Crippen molar-refractivity contribution < 1.29 is 4.79 Å². The Morgan fingerprint density at radius 3 is 2.44 bits per heavy atom. The summed E-state index contributed by atoms with van der Waals surface area (Å²) in [4.78, 5) is 19.0. The molecule has 7 heteroatoms. The van der Waals surface area contributed by atoms with Gasteiger partial charge in [0.1, 0.15) is 5.69 Å². The second-order valence-electron chi connectivity index (χ2n) is 6.58. The zero-order valence-electron chi connectivity index (χ0n) is 15.8. The van der Waals surface area contributed by atoms with E-state index >= 15 is 0 Å². The molecule has 0 atom stereocenters. The summed E-state index contributed by atoms with van der Waals surface area (Å²) in [6, 6.07) is 13.4. The standard InChI is InChI=1S/C20H22ClN5O/c1-13-11-14(2)26(24-13)18-10-9-17(21)19(23-18)20(27)22-12-15-5-7-16(8-6-15)25(3)4/h5-11H,12H2,1-4H3,(H,22,27). The first-order valence-electron chi connectivity index (χ1n) is 8.60. The topological polar surface area (TPSA) is 63.1 Å². The minimum atomic E-state index is -0.319. The maximum absolute atomic E-state index is 12.6. The molecule has 140 valence electrons. The lowest BCUT2D eigenvalue weighted by molar-refractivity contribution is 0.0946. The largest absolute Gasteiger partial charge is 0.378 e. The number of carbonyl (C=O) groups excluding carboxylic acids is 1. The summed E-state index contributed by atoms with van der Waals surface area (Å²) in [6.07, 6.45) is 0. The van der Waals surface area contributed by atoms with E-state index in [2.05, 4.69) is 15.4 Å². The molecule has 0 spiro atoms. The Morgan fingerprint density at radius 1 is 1.15 bits per heavy atom. The molecule has 0 radical (unpaired) electrons. The molecule has 0 unspecified atom stereocenters. The minimum absolute atomic E-state index is 0.187. The van der Waals surface area contributed by atoms with E-state index in [0.717, 1.165) is 22.6 Å². The lowest BCUT2D eigenvalue weighted by Crippen LogP contribution is -2.24. The zero-order chi connectivity index (χ0) is 19.6. The number of hydrogen-bond donors (Lipinski definition) is 1. The van der Waals surface area contributed by atoms with Gasteiger partial charge in [-0.2, -0.15) is 5.10 Å². The van der Waals surface area contributed by atoms with Crippen LogP contribution in [0.1, 0.15) is 27.4 Å². The normalized spacial score (nSPS) is 10.7. The number of carbonyl (C=O) groups is 1. The Balaban J connectivity index is 1.76. The lowest BCUT2D eigenvalue weighted by Gasteiger charge is -2.13. The molecular weight excluding hydrogens is 362 g/mol. The number of rotatable bonds is 5. The van der Waals surface area contributed by atoms with Crippen LogP contribution in [0.3, 0.4) is 0 Å². The van der Waals surface area contributed by atoms with Gasteiger partial charge in [0.2, 0.25) is 0 Å². The molecule has 2 heterocycles. The van der Waals surface area contributed by atoms with E-state index in [-0.39, 0.29) is 11.6 Å². The molecule has 3 aromatic rings. The van der Waals surface area contributed by atoms with Gasteiger partial charge in [0, 0.05) is 32.0 Å². The summed E-state index contributed by atoms with van der Waals surface area (Å²) in [5.41, 5.74) is 4.12. The van der Waals surface area contributed by atoms with Crippen molar-refractivity contribution in [3.8, 4) is 5.82 Å². The molecule has 0 saturated carbocycles. The number of nitrogens with one attached hydrogen (secondary N) is 1. The van der Waals surface area contributed by atoms with Crippen LogP contribution in [-0.4, -0.2) is 34.8 Å². The molecule has 0 saturated heterocycles. The number of aryl methyl sites for hydroxylation is 2. The van der Waals surface area contributed by atoms with Gasteiger partial charge in [-0.05, 0) is 49.7 Å². The van der Waals surface area contributed by atoms with Gasteiger partial charge in [0.25, 0.3) is 5.91 Å². The summed E-state index contributed by atoms with van der Waals surface area (Å²) in [5, 5.41) is 7.58. The monoisotopic (exact) mass is 383 g/mol. The highest BCUT2D eigenvalue weighted by atomic mass is 35.5. The fourth-order valence-corrected chi connectivity index (χ4v) is 2.94. The van der Waals surface area contributed by atoms with Crippen LogP contribution >= 0.6 is 11.6 Å². The molecular formula is C20H22ClN5O. The summed E-state index contributed by atoms with van der Waals surface area (Å²) in [7, 11) is 3.97. The Bertz CT molecular complexity index is 963. The fraction of sp³-hybridized carbons (Fsp3) is 0.250. The quantitative estimate of drug-likeness (QED) is 0.732. The van der Waals surface area contributed by atoms with E-state index in [0.29, 0.717) is 17.4 Å². The predicted octanol–water partition coefficient (Wildman–Crippen LogP) is 3.53. The number of pyridine rings is 1. The van der Waals surface area contributed by atoms with Crippen LogP contribution in [0.5, 0.6) is 0 Å². The molecule has 0 fully saturated rings. The second-order valence-corrected chi connectivity index (χ2v) is 6.99. The van der Waals surface area contributed by atoms with Crippen LogP contribution in [0.25, 0.3) is 5.82 Å². The van der Waals surface area contributed by atoms with Crippen LogP contribution in [0, 0.1) is 13.8 Å². The Hall–Kier alpha value is -2.86. The van der Waals surface area contributed by atoms with Crippen molar-refractivity contribution >= 4 is 23.2 Å².